The Morgan fingerprint density at radius 3 is 2.61 bits per heavy atom. The summed E-state index contributed by atoms with van der Waals surface area (Å²) in [6, 6.07) is 15.7. The Hall–Kier alpha value is -2.83. The molecule has 1 aromatic heterocycles. The van der Waals surface area contributed by atoms with Crippen LogP contribution >= 0.6 is 11.6 Å². The van der Waals surface area contributed by atoms with Gasteiger partial charge in [-0.15, -0.1) is 0 Å². The Labute approximate surface area is 184 Å². The Morgan fingerprint density at radius 2 is 1.90 bits per heavy atom. The molecular formula is C24H21ClF2N2O2. The molecule has 0 radical (unpaired) electrons. The zero-order chi connectivity index (χ0) is 22.0. The van der Waals surface area contributed by atoms with Crippen molar-refractivity contribution in [2.75, 3.05) is 18.1 Å². The van der Waals surface area contributed by atoms with Crippen molar-refractivity contribution in [2.45, 2.75) is 24.7 Å². The lowest BCUT2D eigenvalue weighted by Crippen LogP contribution is -2.47. The van der Waals surface area contributed by atoms with Gasteiger partial charge in [0.25, 0.3) is 0 Å². The van der Waals surface area contributed by atoms with E-state index in [2.05, 4.69) is 4.98 Å². The van der Waals surface area contributed by atoms with Gasteiger partial charge in [0.2, 0.25) is 5.91 Å². The molecule has 2 aromatic carbocycles. The van der Waals surface area contributed by atoms with Crippen LogP contribution in [0.3, 0.4) is 0 Å². The van der Waals surface area contributed by atoms with Gasteiger partial charge in [-0.2, -0.15) is 0 Å². The Bertz CT molecular complexity index is 1120. The van der Waals surface area contributed by atoms with Gasteiger partial charge in [0.1, 0.15) is 17.5 Å². The van der Waals surface area contributed by atoms with E-state index in [0.717, 1.165) is 0 Å². The molecule has 1 amide bonds. The van der Waals surface area contributed by atoms with Crippen LogP contribution in [-0.2, 0) is 10.2 Å². The minimum Gasteiger partial charge on any atom is -0.396 e. The Balaban J connectivity index is 1.63. The molecule has 4 nitrogen and oxygen atoms in total. The second kappa shape index (κ2) is 8.73. The molecule has 1 atom stereocenters. The molecule has 1 N–H and O–H groups in total. The normalized spacial score (nSPS) is 19.0. The van der Waals surface area contributed by atoms with Crippen LogP contribution < -0.4 is 4.90 Å². The van der Waals surface area contributed by atoms with Gasteiger partial charge >= 0.3 is 0 Å². The van der Waals surface area contributed by atoms with Crippen molar-refractivity contribution in [3.63, 3.8) is 0 Å². The van der Waals surface area contributed by atoms with Crippen LogP contribution in [0.2, 0.25) is 5.02 Å². The predicted molar refractivity (Wildman–Crippen MR) is 116 cm³/mol. The van der Waals surface area contributed by atoms with E-state index in [0.29, 0.717) is 42.0 Å². The van der Waals surface area contributed by atoms with Crippen molar-refractivity contribution >= 4 is 23.3 Å². The maximum absolute atomic E-state index is 14.5. The summed E-state index contributed by atoms with van der Waals surface area (Å²) in [6.07, 6.45) is 0.854. The van der Waals surface area contributed by atoms with Crippen LogP contribution in [-0.4, -0.2) is 29.1 Å². The lowest BCUT2D eigenvalue weighted by molar-refractivity contribution is -0.121. The highest BCUT2D eigenvalue weighted by molar-refractivity contribution is 6.33. The number of carbonyl (C=O) groups is 1. The van der Waals surface area contributed by atoms with Crippen LogP contribution in [0.1, 0.15) is 24.8 Å². The molecule has 0 aliphatic carbocycles. The summed E-state index contributed by atoms with van der Waals surface area (Å²) < 4.78 is 27.9. The fraction of sp³-hybridized carbons (Fsp3) is 0.250. The minimum atomic E-state index is -0.758. The van der Waals surface area contributed by atoms with Gasteiger partial charge < -0.3 is 5.11 Å². The van der Waals surface area contributed by atoms with Crippen molar-refractivity contribution < 1.29 is 18.7 Å². The van der Waals surface area contributed by atoms with Crippen LogP contribution in [0.15, 0.2) is 60.7 Å². The number of pyridine rings is 1. The first-order valence-electron chi connectivity index (χ1n) is 10.0. The fourth-order valence-corrected chi connectivity index (χ4v) is 4.53. The van der Waals surface area contributed by atoms with Gasteiger partial charge in [0.15, 0.2) is 0 Å². The fourth-order valence-electron chi connectivity index (χ4n) is 4.27. The molecule has 1 aliphatic rings. The molecule has 0 spiro atoms. The highest BCUT2D eigenvalue weighted by Gasteiger charge is 2.42. The molecule has 1 unspecified atom stereocenters. The number of piperidine rings is 1. The smallest absolute Gasteiger partial charge is 0.229 e. The second-order valence-electron chi connectivity index (χ2n) is 7.71. The first kappa shape index (κ1) is 21.4. The number of hydrogen-bond acceptors (Lipinski definition) is 3. The number of carbonyl (C=O) groups excluding carboxylic acids is 1. The number of halogens is 3. The SMILES string of the molecule is O=C1CC(CCO)(c2ccccc2F)CCN1c1cccc(-c2ccc(F)cc2Cl)n1. The van der Waals surface area contributed by atoms with Crippen LogP contribution in [0.25, 0.3) is 11.3 Å². The molecule has 3 aromatic rings. The van der Waals surface area contributed by atoms with Crippen molar-refractivity contribution in [1.29, 1.82) is 0 Å². The van der Waals surface area contributed by atoms with Crippen LogP contribution in [0.5, 0.6) is 0 Å². The zero-order valence-electron chi connectivity index (χ0n) is 16.7. The van der Waals surface area contributed by atoms with Crippen molar-refractivity contribution in [3.05, 3.63) is 82.9 Å². The number of aromatic nitrogens is 1. The van der Waals surface area contributed by atoms with Gasteiger partial charge in [-0.3, -0.25) is 9.69 Å². The van der Waals surface area contributed by atoms with E-state index >= 15 is 0 Å². The quantitative estimate of drug-likeness (QED) is 0.596. The van der Waals surface area contributed by atoms with Crippen LogP contribution in [0, 0.1) is 11.6 Å². The molecule has 4 rings (SSSR count). The maximum Gasteiger partial charge on any atom is 0.229 e. The van der Waals surface area contributed by atoms with E-state index in [9.17, 15) is 18.7 Å². The standard InChI is InChI=1S/C24H21ClF2N2O2/c25-19-14-16(26)8-9-17(19)21-6-3-7-22(28-21)29-12-10-24(11-13-30,15-23(29)31)18-4-1-2-5-20(18)27/h1-9,14,30H,10-13,15H2. The van der Waals surface area contributed by atoms with E-state index in [4.69, 9.17) is 11.6 Å². The number of rotatable bonds is 5. The third-order valence-corrected chi connectivity index (χ3v) is 6.17. The number of aliphatic hydroxyl groups is 1. The molecule has 1 fully saturated rings. The number of aliphatic hydroxyl groups excluding tert-OH is 1. The van der Waals surface area contributed by atoms with Gasteiger partial charge in [0, 0.05) is 30.6 Å². The number of amides is 1. The topological polar surface area (TPSA) is 53.4 Å². The van der Waals surface area contributed by atoms with Gasteiger partial charge in [-0.25, -0.2) is 13.8 Å². The monoisotopic (exact) mass is 442 g/mol. The third kappa shape index (κ3) is 4.18. The highest BCUT2D eigenvalue weighted by Crippen LogP contribution is 2.41. The number of hydrogen-bond donors (Lipinski definition) is 1. The second-order valence-corrected chi connectivity index (χ2v) is 8.12. The number of nitrogens with zero attached hydrogens (tertiary/aromatic N) is 2. The van der Waals surface area contributed by atoms with Gasteiger partial charge in [-0.05, 0) is 54.8 Å². The van der Waals surface area contributed by atoms with Gasteiger partial charge in [-0.1, -0.05) is 35.9 Å². The molecule has 7 heteroatoms. The summed E-state index contributed by atoms with van der Waals surface area (Å²) in [6.45, 7) is 0.194. The molecule has 0 bridgehead atoms. The zero-order valence-corrected chi connectivity index (χ0v) is 17.4. The minimum absolute atomic E-state index is 0.0672. The lowest BCUT2D eigenvalue weighted by Gasteiger charge is -2.41. The average molecular weight is 443 g/mol. The molecular weight excluding hydrogens is 422 g/mol. The predicted octanol–water partition coefficient (Wildman–Crippen LogP) is 5.13. The first-order chi connectivity index (χ1) is 14.9. The maximum atomic E-state index is 14.5. The Kier molecular flexibility index (Phi) is 6.03. The van der Waals surface area contributed by atoms with Crippen molar-refractivity contribution in [1.82, 2.24) is 4.98 Å². The highest BCUT2D eigenvalue weighted by atomic mass is 35.5. The Morgan fingerprint density at radius 1 is 1.10 bits per heavy atom. The molecule has 1 aliphatic heterocycles. The summed E-state index contributed by atoms with van der Waals surface area (Å²) in [5.41, 5.74) is 0.787. The summed E-state index contributed by atoms with van der Waals surface area (Å²) in [5, 5.41) is 9.85. The molecule has 160 valence electrons. The van der Waals surface area contributed by atoms with Crippen LogP contribution in [0.4, 0.5) is 14.6 Å². The number of anilines is 1. The molecule has 31 heavy (non-hydrogen) atoms. The summed E-state index contributed by atoms with van der Waals surface area (Å²) in [7, 11) is 0. The summed E-state index contributed by atoms with van der Waals surface area (Å²) >= 11 is 6.17. The van der Waals surface area contributed by atoms with Crippen molar-refractivity contribution in [3.8, 4) is 11.3 Å². The molecule has 2 heterocycles. The third-order valence-electron chi connectivity index (χ3n) is 5.86. The van der Waals surface area contributed by atoms with E-state index in [1.165, 1.54) is 18.2 Å². The molecule has 1 saturated heterocycles. The number of benzene rings is 2. The van der Waals surface area contributed by atoms with Gasteiger partial charge in [0.05, 0.1) is 10.7 Å². The van der Waals surface area contributed by atoms with E-state index in [1.807, 2.05) is 0 Å². The molecule has 0 saturated carbocycles. The summed E-state index contributed by atoms with van der Waals surface area (Å²) in [4.78, 5) is 19.3. The van der Waals surface area contributed by atoms with E-state index in [-0.39, 0.29) is 29.8 Å². The first-order valence-corrected chi connectivity index (χ1v) is 10.4. The van der Waals surface area contributed by atoms with E-state index in [1.54, 1.807) is 47.4 Å². The summed E-state index contributed by atoms with van der Waals surface area (Å²) in [5.74, 6) is -0.556. The average Bonchev–Trinajstić information content (AvgIpc) is 2.74. The van der Waals surface area contributed by atoms with Crippen molar-refractivity contribution in [2.24, 2.45) is 0 Å². The lowest BCUT2D eigenvalue weighted by atomic mass is 9.70. The van der Waals surface area contributed by atoms with E-state index < -0.39 is 11.2 Å². The largest absolute Gasteiger partial charge is 0.396 e.